The molecule has 2 bridgehead atoms. The Labute approximate surface area is 225 Å². The van der Waals surface area contributed by atoms with Crippen LogP contribution in [0.1, 0.15) is 60.3 Å². The first-order valence-corrected chi connectivity index (χ1v) is 13.7. The number of rotatable bonds is 10. The first kappa shape index (κ1) is 29.0. The fourth-order valence-corrected chi connectivity index (χ4v) is 6.72. The average molecular weight is 540 g/mol. The second kappa shape index (κ2) is 10.5. The number of halogens is 3. The monoisotopic (exact) mass is 539 g/mol. The van der Waals surface area contributed by atoms with E-state index < -0.39 is 23.8 Å². The molecule has 0 aromatic rings. The van der Waals surface area contributed by atoms with Gasteiger partial charge < -0.3 is 20.2 Å². The van der Waals surface area contributed by atoms with Crippen molar-refractivity contribution in [3.8, 4) is 0 Å². The Hall–Kier alpha value is -2.04. The second-order valence-electron chi connectivity index (χ2n) is 12.3. The van der Waals surface area contributed by atoms with Crippen LogP contribution in [-0.4, -0.2) is 89.9 Å². The molecule has 0 radical (unpaired) electrons. The van der Waals surface area contributed by atoms with Crippen LogP contribution in [0, 0.1) is 11.3 Å². The molecule has 4 rings (SSSR count). The number of hydrogen-bond acceptors (Lipinski definition) is 7. The van der Waals surface area contributed by atoms with Gasteiger partial charge in [-0.05, 0) is 46.1 Å². The lowest BCUT2D eigenvalue weighted by molar-refractivity contribution is -0.165. The number of amidine groups is 1. The lowest BCUT2D eigenvalue weighted by atomic mass is 9.72. The molecule has 0 aromatic heterocycles. The maximum absolute atomic E-state index is 13.2. The molecular weight excluding hydrogens is 495 g/mol. The first-order valence-electron chi connectivity index (χ1n) is 13.7. The number of nitrogens with one attached hydrogen (secondary N) is 1. The van der Waals surface area contributed by atoms with Gasteiger partial charge in [-0.25, -0.2) is 10.0 Å². The van der Waals surface area contributed by atoms with E-state index in [9.17, 15) is 18.3 Å². The molecule has 1 fully saturated rings. The minimum atomic E-state index is -4.41. The molecule has 2 aliphatic carbocycles. The Kier molecular flexibility index (Phi) is 8.00. The van der Waals surface area contributed by atoms with E-state index in [-0.39, 0.29) is 18.0 Å². The molecule has 0 saturated carbocycles. The predicted octanol–water partition coefficient (Wildman–Crippen LogP) is 4.44. The summed E-state index contributed by atoms with van der Waals surface area (Å²) in [4.78, 5) is 9.45. The lowest BCUT2D eigenvalue weighted by Gasteiger charge is -2.53. The molecule has 4 aliphatic rings. The predicted molar refractivity (Wildman–Crippen MR) is 143 cm³/mol. The second-order valence-corrected chi connectivity index (χ2v) is 12.3. The summed E-state index contributed by atoms with van der Waals surface area (Å²) < 4.78 is 44.9. The molecule has 10 heteroatoms. The molecule has 214 valence electrons. The number of ether oxygens (including phenoxy) is 1. The molecule has 38 heavy (non-hydrogen) atoms. The average Bonchev–Trinajstić information content (AvgIpc) is 2.95. The van der Waals surface area contributed by atoms with Crippen LogP contribution in [0.25, 0.3) is 0 Å². The van der Waals surface area contributed by atoms with Crippen molar-refractivity contribution in [2.45, 2.75) is 84.2 Å². The summed E-state index contributed by atoms with van der Waals surface area (Å²) in [6, 6.07) is -0.101. The first-order chi connectivity index (χ1) is 17.6. The fourth-order valence-electron chi connectivity index (χ4n) is 6.72. The fraction of sp³-hybridized carbons (Fsp3) is 0.750. The van der Waals surface area contributed by atoms with E-state index in [4.69, 9.17) is 9.73 Å². The van der Waals surface area contributed by atoms with E-state index in [2.05, 4.69) is 53.2 Å². The molecule has 1 saturated heterocycles. The molecule has 7 nitrogen and oxygen atoms in total. The summed E-state index contributed by atoms with van der Waals surface area (Å²) in [5, 5.41) is 12.3. The summed E-state index contributed by atoms with van der Waals surface area (Å²) in [6.07, 6.45) is 2.93. The molecule has 2 N–H and O–H groups in total. The summed E-state index contributed by atoms with van der Waals surface area (Å²) >= 11 is 0. The van der Waals surface area contributed by atoms with Gasteiger partial charge in [0.1, 0.15) is 11.6 Å². The van der Waals surface area contributed by atoms with E-state index in [0.717, 1.165) is 43.9 Å². The van der Waals surface area contributed by atoms with Gasteiger partial charge in [0.2, 0.25) is 0 Å². The van der Waals surface area contributed by atoms with Crippen molar-refractivity contribution in [3.63, 3.8) is 0 Å². The minimum absolute atomic E-state index is 0.0248. The number of fused-ring (bicyclic) bond motifs is 2. The van der Waals surface area contributed by atoms with Crippen LogP contribution in [0.2, 0.25) is 0 Å². The van der Waals surface area contributed by atoms with Crippen LogP contribution < -0.4 is 5.43 Å². The van der Waals surface area contributed by atoms with E-state index in [1.165, 1.54) is 5.57 Å². The highest BCUT2D eigenvalue weighted by Crippen LogP contribution is 2.53. The molecule has 3 atom stereocenters. The van der Waals surface area contributed by atoms with Crippen LogP contribution in [0.4, 0.5) is 13.2 Å². The zero-order chi connectivity index (χ0) is 28.0. The van der Waals surface area contributed by atoms with Gasteiger partial charge in [-0.2, -0.15) is 13.2 Å². The SMILES string of the molecule is CCC(N(C)NC1=CC=C(C)CC1)[C@@]1(C)C2=C(OCC(F)(F)F)CC1N(C)C(C1CN(CC(C)(C)O)C1)=N2. The van der Waals surface area contributed by atoms with Crippen molar-refractivity contribution in [1.29, 1.82) is 0 Å². The van der Waals surface area contributed by atoms with E-state index in [0.29, 0.717) is 24.4 Å². The van der Waals surface area contributed by atoms with Gasteiger partial charge >= 0.3 is 6.18 Å². The number of hydrogen-bond donors (Lipinski definition) is 2. The third kappa shape index (κ3) is 5.92. The largest absolute Gasteiger partial charge is 0.486 e. The highest BCUT2D eigenvalue weighted by atomic mass is 19.4. The highest BCUT2D eigenvalue weighted by molar-refractivity contribution is 5.88. The van der Waals surface area contributed by atoms with Crippen molar-refractivity contribution in [3.05, 3.63) is 34.9 Å². The zero-order valence-electron chi connectivity index (χ0n) is 23.8. The van der Waals surface area contributed by atoms with Gasteiger partial charge in [0, 0.05) is 63.8 Å². The molecule has 2 unspecified atom stereocenters. The number of alkyl halides is 3. The quantitative estimate of drug-likeness (QED) is 0.401. The van der Waals surface area contributed by atoms with Crippen LogP contribution in [-0.2, 0) is 4.74 Å². The number of β-amino-alcohol motifs (C(OH)–C–C–N with tert-alkyl or cyclic N) is 1. The summed E-state index contributed by atoms with van der Waals surface area (Å²) in [6.45, 7) is 10.7. The maximum atomic E-state index is 13.2. The smallest absolute Gasteiger partial charge is 0.422 e. The van der Waals surface area contributed by atoms with E-state index in [1.807, 2.05) is 14.1 Å². The van der Waals surface area contributed by atoms with Crippen LogP contribution in [0.5, 0.6) is 0 Å². The molecule has 2 aliphatic heterocycles. The molecule has 0 spiro atoms. The Bertz CT molecular complexity index is 1020. The van der Waals surface area contributed by atoms with Gasteiger partial charge in [0.15, 0.2) is 6.61 Å². The Morgan fingerprint density at radius 2 is 1.95 bits per heavy atom. The van der Waals surface area contributed by atoms with Gasteiger partial charge in [-0.1, -0.05) is 25.5 Å². The van der Waals surface area contributed by atoms with Crippen molar-refractivity contribution >= 4 is 5.84 Å². The standard InChI is InChI=1S/C28H44F3N5O2/c1-8-22(35(7)33-20-11-9-18(2)10-12-20)27(5)23-13-21(38-17-28(29,30)31)24(27)32-25(34(23)6)19-14-36(15-19)16-26(3,4)37/h9,11,19,22-23,33,37H,8,10,12-17H2,1-7H3/t22?,23?,27-/m1/s1. The normalized spacial score (nSPS) is 27.7. The zero-order valence-corrected chi connectivity index (χ0v) is 23.8. The number of nitrogens with zero attached hydrogens (tertiary/aromatic N) is 4. The van der Waals surface area contributed by atoms with Gasteiger partial charge in [-0.3, -0.25) is 4.90 Å². The van der Waals surface area contributed by atoms with Crippen molar-refractivity contribution in [2.75, 3.05) is 40.3 Å². The Balaban J connectivity index is 1.62. The maximum Gasteiger partial charge on any atom is 0.422 e. The van der Waals surface area contributed by atoms with E-state index >= 15 is 0 Å². The number of allylic oxidation sites excluding steroid dienone is 4. The highest BCUT2D eigenvalue weighted by Gasteiger charge is 2.58. The summed E-state index contributed by atoms with van der Waals surface area (Å²) in [7, 11) is 4.03. The van der Waals surface area contributed by atoms with Crippen molar-refractivity contribution in [2.24, 2.45) is 16.3 Å². The summed E-state index contributed by atoms with van der Waals surface area (Å²) in [5.74, 6) is 1.43. The minimum Gasteiger partial charge on any atom is -0.486 e. The number of likely N-dealkylation sites (tertiary alicyclic amines) is 1. The Morgan fingerprint density at radius 1 is 1.26 bits per heavy atom. The molecule has 0 amide bonds. The van der Waals surface area contributed by atoms with Crippen LogP contribution in [0.15, 0.2) is 39.9 Å². The third-order valence-electron chi connectivity index (χ3n) is 8.47. The number of aliphatic hydroxyl groups is 1. The molecular formula is C28H44F3N5O2. The van der Waals surface area contributed by atoms with Crippen molar-refractivity contribution < 1.29 is 23.0 Å². The number of hydrazine groups is 1. The topological polar surface area (TPSA) is 63.6 Å². The van der Waals surface area contributed by atoms with Gasteiger partial charge in [-0.15, -0.1) is 0 Å². The lowest BCUT2D eigenvalue weighted by Crippen LogP contribution is -2.63. The molecule has 2 heterocycles. The third-order valence-corrected chi connectivity index (χ3v) is 8.47. The van der Waals surface area contributed by atoms with E-state index in [1.54, 1.807) is 13.8 Å². The van der Waals surface area contributed by atoms with Crippen LogP contribution in [0.3, 0.4) is 0 Å². The van der Waals surface area contributed by atoms with Crippen LogP contribution >= 0.6 is 0 Å². The number of aliphatic imine (C=N–C) groups is 1. The molecule has 0 aromatic carbocycles. The van der Waals surface area contributed by atoms with Crippen molar-refractivity contribution in [1.82, 2.24) is 20.2 Å². The Morgan fingerprint density at radius 3 is 2.50 bits per heavy atom. The van der Waals surface area contributed by atoms with Gasteiger partial charge in [0.05, 0.1) is 16.7 Å². The summed E-state index contributed by atoms with van der Waals surface area (Å²) in [5.41, 5.74) is 5.37. The van der Waals surface area contributed by atoms with Gasteiger partial charge in [0.25, 0.3) is 0 Å².